The van der Waals surface area contributed by atoms with E-state index in [2.05, 4.69) is 21.2 Å². The van der Waals surface area contributed by atoms with Crippen LogP contribution in [0.1, 0.15) is 26.3 Å². The zero-order valence-corrected chi connectivity index (χ0v) is 12.6. The number of anilines is 1. The molecule has 0 aliphatic carbocycles. The molecule has 0 radical (unpaired) electrons. The number of benzene rings is 2. The predicted molar refractivity (Wildman–Crippen MR) is 80.2 cm³/mol. The second kappa shape index (κ2) is 6.05. The summed E-state index contributed by atoms with van der Waals surface area (Å²) >= 11 is 3.20. The minimum Gasteiger partial charge on any atom is -0.478 e. The van der Waals surface area contributed by atoms with E-state index in [0.717, 1.165) is 0 Å². The number of rotatable bonds is 3. The maximum Gasteiger partial charge on any atom is 0.335 e. The molecule has 0 heterocycles. The Labute approximate surface area is 128 Å². The fraction of sp³-hybridized carbons (Fsp3) is 0.0667. The number of carbonyl (C=O) groups is 2. The summed E-state index contributed by atoms with van der Waals surface area (Å²) in [6, 6.07) is 8.34. The molecule has 21 heavy (non-hydrogen) atoms. The molecular formula is C15H11BrFNO3. The number of hydrogen-bond acceptors (Lipinski definition) is 2. The first kappa shape index (κ1) is 15.2. The highest BCUT2D eigenvalue weighted by Crippen LogP contribution is 2.24. The summed E-state index contributed by atoms with van der Waals surface area (Å²) in [7, 11) is 0. The van der Waals surface area contributed by atoms with Crippen molar-refractivity contribution in [1.82, 2.24) is 0 Å². The summed E-state index contributed by atoms with van der Waals surface area (Å²) < 4.78 is 13.6. The lowest BCUT2D eigenvalue weighted by Gasteiger charge is -2.09. The van der Waals surface area contributed by atoms with Crippen LogP contribution in [0.4, 0.5) is 10.1 Å². The second-order valence-corrected chi connectivity index (χ2v) is 5.27. The molecule has 108 valence electrons. The van der Waals surface area contributed by atoms with Crippen LogP contribution in [-0.4, -0.2) is 17.0 Å². The van der Waals surface area contributed by atoms with Crippen molar-refractivity contribution in [3.63, 3.8) is 0 Å². The Hall–Kier alpha value is -2.21. The molecule has 0 aromatic heterocycles. The van der Waals surface area contributed by atoms with Crippen molar-refractivity contribution >= 4 is 33.5 Å². The van der Waals surface area contributed by atoms with Crippen molar-refractivity contribution in [2.24, 2.45) is 0 Å². The molecule has 2 N–H and O–H groups in total. The Morgan fingerprint density at radius 1 is 1.14 bits per heavy atom. The summed E-state index contributed by atoms with van der Waals surface area (Å²) in [5.41, 5.74) is 1.25. The third kappa shape index (κ3) is 3.46. The molecule has 0 atom stereocenters. The Kier molecular flexibility index (Phi) is 4.37. The van der Waals surface area contributed by atoms with Crippen molar-refractivity contribution in [3.05, 3.63) is 63.4 Å². The standard InChI is InChI=1S/C15H11BrFNO3/c1-8-6-9(2-4-12(8)17)14(19)18-13-5-3-10(15(20)21)7-11(13)16/h2-7H,1H3,(H,18,19)(H,20,21). The number of amides is 1. The van der Waals surface area contributed by atoms with Gasteiger partial charge in [-0.05, 0) is 64.8 Å². The van der Waals surface area contributed by atoms with Gasteiger partial charge in [0.15, 0.2) is 0 Å². The van der Waals surface area contributed by atoms with Crippen LogP contribution in [0.2, 0.25) is 0 Å². The molecule has 0 aliphatic heterocycles. The summed E-state index contributed by atoms with van der Waals surface area (Å²) in [6.07, 6.45) is 0. The lowest BCUT2D eigenvalue weighted by atomic mass is 10.1. The van der Waals surface area contributed by atoms with Crippen LogP contribution in [0, 0.1) is 12.7 Å². The van der Waals surface area contributed by atoms with E-state index in [-0.39, 0.29) is 11.4 Å². The number of aryl methyl sites for hydroxylation is 1. The van der Waals surface area contributed by atoms with Crippen LogP contribution in [0.5, 0.6) is 0 Å². The van der Waals surface area contributed by atoms with Gasteiger partial charge in [0.05, 0.1) is 11.3 Å². The molecule has 1 amide bonds. The van der Waals surface area contributed by atoms with Crippen LogP contribution >= 0.6 is 15.9 Å². The van der Waals surface area contributed by atoms with Gasteiger partial charge in [-0.1, -0.05) is 0 Å². The van der Waals surface area contributed by atoms with E-state index in [1.165, 1.54) is 36.4 Å². The molecule has 2 aromatic rings. The van der Waals surface area contributed by atoms with Gasteiger partial charge in [0.1, 0.15) is 5.82 Å². The zero-order chi connectivity index (χ0) is 15.6. The highest BCUT2D eigenvalue weighted by molar-refractivity contribution is 9.10. The van der Waals surface area contributed by atoms with E-state index >= 15 is 0 Å². The second-order valence-electron chi connectivity index (χ2n) is 4.42. The Morgan fingerprint density at radius 2 is 1.81 bits per heavy atom. The first-order chi connectivity index (χ1) is 9.88. The molecule has 2 aromatic carbocycles. The molecule has 0 spiro atoms. The molecule has 0 fully saturated rings. The quantitative estimate of drug-likeness (QED) is 0.882. The van der Waals surface area contributed by atoms with Gasteiger partial charge >= 0.3 is 5.97 Å². The van der Waals surface area contributed by atoms with Crippen molar-refractivity contribution in [2.75, 3.05) is 5.32 Å². The summed E-state index contributed by atoms with van der Waals surface area (Å²) in [5, 5.41) is 11.5. The Balaban J connectivity index is 2.23. The highest BCUT2D eigenvalue weighted by Gasteiger charge is 2.11. The van der Waals surface area contributed by atoms with Crippen LogP contribution in [0.15, 0.2) is 40.9 Å². The van der Waals surface area contributed by atoms with Gasteiger partial charge < -0.3 is 10.4 Å². The van der Waals surface area contributed by atoms with E-state index in [1.807, 2.05) is 0 Å². The van der Waals surface area contributed by atoms with Gasteiger partial charge in [0.25, 0.3) is 5.91 Å². The average molecular weight is 352 g/mol. The number of aromatic carboxylic acids is 1. The maximum absolute atomic E-state index is 13.2. The zero-order valence-electron chi connectivity index (χ0n) is 11.0. The van der Waals surface area contributed by atoms with E-state index in [4.69, 9.17) is 5.11 Å². The van der Waals surface area contributed by atoms with Gasteiger partial charge in [0.2, 0.25) is 0 Å². The number of halogens is 2. The molecule has 0 saturated carbocycles. The van der Waals surface area contributed by atoms with Gasteiger partial charge in [-0.2, -0.15) is 0 Å². The van der Waals surface area contributed by atoms with Gasteiger partial charge in [-0.3, -0.25) is 4.79 Å². The van der Waals surface area contributed by atoms with E-state index in [0.29, 0.717) is 21.3 Å². The largest absolute Gasteiger partial charge is 0.478 e. The molecule has 0 unspecified atom stereocenters. The van der Waals surface area contributed by atoms with Crippen LogP contribution in [0.25, 0.3) is 0 Å². The summed E-state index contributed by atoms with van der Waals surface area (Å²) in [5.74, 6) is -1.83. The number of carbonyl (C=O) groups excluding carboxylic acids is 1. The third-order valence-electron chi connectivity index (χ3n) is 2.88. The average Bonchev–Trinajstić information content (AvgIpc) is 2.43. The lowest BCUT2D eigenvalue weighted by molar-refractivity contribution is 0.0696. The van der Waals surface area contributed by atoms with Crippen LogP contribution < -0.4 is 5.32 Å². The van der Waals surface area contributed by atoms with Crippen molar-refractivity contribution in [2.45, 2.75) is 6.92 Å². The van der Waals surface area contributed by atoms with E-state index in [1.54, 1.807) is 6.92 Å². The van der Waals surface area contributed by atoms with Crippen molar-refractivity contribution in [3.8, 4) is 0 Å². The summed E-state index contributed by atoms with van der Waals surface area (Å²) in [6.45, 7) is 1.57. The minimum atomic E-state index is -1.05. The maximum atomic E-state index is 13.2. The SMILES string of the molecule is Cc1cc(C(=O)Nc2ccc(C(=O)O)cc2Br)ccc1F. The summed E-state index contributed by atoms with van der Waals surface area (Å²) in [4.78, 5) is 22.9. The topological polar surface area (TPSA) is 66.4 Å². The first-order valence-electron chi connectivity index (χ1n) is 5.99. The molecule has 4 nitrogen and oxygen atoms in total. The normalized spacial score (nSPS) is 10.2. The van der Waals surface area contributed by atoms with Crippen LogP contribution in [-0.2, 0) is 0 Å². The minimum absolute atomic E-state index is 0.109. The number of nitrogens with one attached hydrogen (secondary N) is 1. The van der Waals surface area contributed by atoms with Gasteiger partial charge in [-0.15, -0.1) is 0 Å². The molecule has 0 bridgehead atoms. The number of carboxylic acid groups (broad SMARTS) is 1. The third-order valence-corrected chi connectivity index (χ3v) is 3.54. The molecular weight excluding hydrogens is 341 g/mol. The predicted octanol–water partition coefficient (Wildman–Crippen LogP) is 3.85. The van der Waals surface area contributed by atoms with Gasteiger partial charge in [0, 0.05) is 10.0 Å². The van der Waals surface area contributed by atoms with Crippen LogP contribution in [0.3, 0.4) is 0 Å². The Bertz CT molecular complexity index is 731. The molecule has 0 aliphatic rings. The number of hydrogen-bond donors (Lipinski definition) is 2. The van der Waals surface area contributed by atoms with E-state index in [9.17, 15) is 14.0 Å². The lowest BCUT2D eigenvalue weighted by Crippen LogP contribution is -2.13. The fourth-order valence-corrected chi connectivity index (χ4v) is 2.21. The van der Waals surface area contributed by atoms with E-state index < -0.39 is 11.9 Å². The highest BCUT2D eigenvalue weighted by atomic mass is 79.9. The van der Waals surface area contributed by atoms with Crippen molar-refractivity contribution < 1.29 is 19.1 Å². The number of carboxylic acids is 1. The molecule has 2 rings (SSSR count). The monoisotopic (exact) mass is 351 g/mol. The van der Waals surface area contributed by atoms with Crippen molar-refractivity contribution in [1.29, 1.82) is 0 Å². The smallest absolute Gasteiger partial charge is 0.335 e. The fourth-order valence-electron chi connectivity index (χ4n) is 1.73. The molecule has 6 heteroatoms. The molecule has 0 saturated heterocycles. The first-order valence-corrected chi connectivity index (χ1v) is 6.78. The van der Waals surface area contributed by atoms with Gasteiger partial charge in [-0.25, -0.2) is 9.18 Å². The Morgan fingerprint density at radius 3 is 2.38 bits per heavy atom.